The van der Waals surface area contributed by atoms with Crippen molar-refractivity contribution in [3.8, 4) is 11.5 Å². The lowest BCUT2D eigenvalue weighted by atomic mass is 9.97. The fourth-order valence-electron chi connectivity index (χ4n) is 1.38. The monoisotopic (exact) mass is 274 g/mol. The zero-order valence-electron chi connectivity index (χ0n) is 9.30. The average Bonchev–Trinajstić information content (AvgIpc) is 2.15. The third-order valence-electron chi connectivity index (χ3n) is 2.14. The van der Waals surface area contributed by atoms with Gasteiger partial charge in [0.25, 0.3) is 0 Å². The molecule has 0 saturated carbocycles. The molecule has 0 fully saturated rings. The Bertz CT molecular complexity index is 356. The lowest BCUT2D eigenvalue weighted by molar-refractivity contribution is 0.0754. The summed E-state index contributed by atoms with van der Waals surface area (Å²) in [6, 6.07) is 3.59. The van der Waals surface area contributed by atoms with Crippen molar-refractivity contribution in [2.75, 3.05) is 14.2 Å². The van der Waals surface area contributed by atoms with Crippen LogP contribution in [0.15, 0.2) is 16.6 Å². The second-order valence-electron chi connectivity index (χ2n) is 3.72. The largest absolute Gasteiger partial charge is 0.495 e. The normalized spacial score (nSPS) is 11.3. The van der Waals surface area contributed by atoms with Gasteiger partial charge >= 0.3 is 0 Å². The van der Waals surface area contributed by atoms with Crippen molar-refractivity contribution < 1.29 is 14.6 Å². The van der Waals surface area contributed by atoms with Crippen LogP contribution >= 0.6 is 15.9 Å². The van der Waals surface area contributed by atoms with Gasteiger partial charge in [0, 0.05) is 5.56 Å². The molecule has 0 heterocycles. The highest BCUT2D eigenvalue weighted by Crippen LogP contribution is 2.41. The number of rotatable bonds is 3. The first-order valence-electron chi connectivity index (χ1n) is 4.55. The molecule has 84 valence electrons. The molecular formula is C11H15BrO3. The van der Waals surface area contributed by atoms with Gasteiger partial charge in [0.2, 0.25) is 0 Å². The SMILES string of the molecule is COc1ccc(C(C)(C)O)c(OC)c1Br. The molecule has 0 amide bonds. The Kier molecular flexibility index (Phi) is 3.62. The van der Waals surface area contributed by atoms with Crippen LogP contribution in [0.25, 0.3) is 0 Å². The average molecular weight is 275 g/mol. The number of methoxy groups -OCH3 is 2. The molecule has 3 nitrogen and oxygen atoms in total. The molecule has 0 aliphatic carbocycles. The van der Waals surface area contributed by atoms with Gasteiger partial charge in [0.1, 0.15) is 16.0 Å². The van der Waals surface area contributed by atoms with E-state index in [2.05, 4.69) is 15.9 Å². The maximum Gasteiger partial charge on any atom is 0.142 e. The maximum absolute atomic E-state index is 9.95. The van der Waals surface area contributed by atoms with Crippen molar-refractivity contribution in [1.82, 2.24) is 0 Å². The van der Waals surface area contributed by atoms with Gasteiger partial charge in [0.15, 0.2) is 0 Å². The van der Waals surface area contributed by atoms with Gasteiger partial charge in [-0.1, -0.05) is 0 Å². The van der Waals surface area contributed by atoms with Crippen LogP contribution in [0.1, 0.15) is 19.4 Å². The Labute approximate surface area is 98.1 Å². The number of ether oxygens (including phenoxy) is 2. The van der Waals surface area contributed by atoms with E-state index in [0.717, 1.165) is 5.56 Å². The van der Waals surface area contributed by atoms with Crippen molar-refractivity contribution in [3.63, 3.8) is 0 Å². The maximum atomic E-state index is 9.95. The summed E-state index contributed by atoms with van der Waals surface area (Å²) in [6.45, 7) is 3.42. The number of aliphatic hydroxyl groups is 1. The first-order chi connectivity index (χ1) is 6.91. The lowest BCUT2D eigenvalue weighted by Gasteiger charge is -2.22. The minimum atomic E-state index is -0.944. The summed E-state index contributed by atoms with van der Waals surface area (Å²) in [5, 5.41) is 9.95. The second-order valence-corrected chi connectivity index (χ2v) is 4.51. The quantitative estimate of drug-likeness (QED) is 0.921. The molecule has 0 radical (unpaired) electrons. The summed E-state index contributed by atoms with van der Waals surface area (Å²) in [5.74, 6) is 1.28. The standard InChI is InChI=1S/C11H15BrO3/c1-11(2,13)7-5-6-8(14-3)9(12)10(7)15-4/h5-6,13H,1-4H3. The van der Waals surface area contributed by atoms with Crippen LogP contribution in [0.3, 0.4) is 0 Å². The Hall–Kier alpha value is -0.740. The molecule has 0 bridgehead atoms. The zero-order chi connectivity index (χ0) is 11.6. The van der Waals surface area contributed by atoms with E-state index in [9.17, 15) is 5.11 Å². The second kappa shape index (κ2) is 4.41. The summed E-state index contributed by atoms with van der Waals surface area (Å²) in [4.78, 5) is 0. The van der Waals surface area contributed by atoms with Crippen LogP contribution in [0.5, 0.6) is 11.5 Å². The Morgan fingerprint density at radius 3 is 2.20 bits per heavy atom. The molecule has 1 rings (SSSR count). The van der Waals surface area contributed by atoms with Gasteiger partial charge in [-0.3, -0.25) is 0 Å². The highest BCUT2D eigenvalue weighted by molar-refractivity contribution is 9.10. The molecule has 0 atom stereocenters. The van der Waals surface area contributed by atoms with Crippen molar-refractivity contribution in [3.05, 3.63) is 22.2 Å². The molecule has 0 aliphatic rings. The van der Waals surface area contributed by atoms with E-state index in [1.54, 1.807) is 40.2 Å². The van der Waals surface area contributed by atoms with Gasteiger partial charge in [-0.2, -0.15) is 0 Å². The highest BCUT2D eigenvalue weighted by atomic mass is 79.9. The Morgan fingerprint density at radius 2 is 1.80 bits per heavy atom. The first-order valence-corrected chi connectivity index (χ1v) is 5.34. The van der Waals surface area contributed by atoms with Gasteiger partial charge < -0.3 is 14.6 Å². The van der Waals surface area contributed by atoms with E-state index in [0.29, 0.717) is 16.0 Å². The van der Waals surface area contributed by atoms with Crippen molar-refractivity contribution in [1.29, 1.82) is 0 Å². The summed E-state index contributed by atoms with van der Waals surface area (Å²) in [7, 11) is 3.15. The number of hydrogen-bond donors (Lipinski definition) is 1. The Balaban J connectivity index is 3.38. The van der Waals surface area contributed by atoms with E-state index in [1.807, 2.05) is 0 Å². The van der Waals surface area contributed by atoms with Crippen LogP contribution in [0.4, 0.5) is 0 Å². The zero-order valence-corrected chi connectivity index (χ0v) is 10.9. The van der Waals surface area contributed by atoms with Crippen LogP contribution in [0.2, 0.25) is 0 Å². The van der Waals surface area contributed by atoms with E-state index < -0.39 is 5.60 Å². The van der Waals surface area contributed by atoms with Gasteiger partial charge in [-0.25, -0.2) is 0 Å². The van der Waals surface area contributed by atoms with E-state index in [4.69, 9.17) is 9.47 Å². The minimum absolute atomic E-state index is 0.599. The van der Waals surface area contributed by atoms with Crippen molar-refractivity contribution in [2.45, 2.75) is 19.4 Å². The van der Waals surface area contributed by atoms with Crippen LogP contribution in [-0.4, -0.2) is 19.3 Å². The number of hydrogen-bond acceptors (Lipinski definition) is 3. The minimum Gasteiger partial charge on any atom is -0.495 e. The van der Waals surface area contributed by atoms with Crippen molar-refractivity contribution in [2.24, 2.45) is 0 Å². The van der Waals surface area contributed by atoms with Crippen LogP contribution in [-0.2, 0) is 5.60 Å². The molecule has 0 unspecified atom stereocenters. The summed E-state index contributed by atoms with van der Waals surface area (Å²) >= 11 is 3.38. The number of benzene rings is 1. The predicted molar refractivity (Wildman–Crippen MR) is 62.5 cm³/mol. The predicted octanol–water partition coefficient (Wildman–Crippen LogP) is 2.69. The fraction of sp³-hybridized carbons (Fsp3) is 0.455. The smallest absolute Gasteiger partial charge is 0.142 e. The van der Waals surface area contributed by atoms with Crippen LogP contribution < -0.4 is 9.47 Å². The molecule has 1 N–H and O–H groups in total. The first kappa shape index (κ1) is 12.3. The van der Waals surface area contributed by atoms with E-state index in [-0.39, 0.29) is 0 Å². The molecule has 0 spiro atoms. The molecule has 4 heteroatoms. The fourth-order valence-corrected chi connectivity index (χ4v) is 2.05. The molecule has 15 heavy (non-hydrogen) atoms. The summed E-state index contributed by atoms with van der Waals surface area (Å²) < 4.78 is 11.1. The van der Waals surface area contributed by atoms with E-state index in [1.165, 1.54) is 0 Å². The molecular weight excluding hydrogens is 260 g/mol. The van der Waals surface area contributed by atoms with Crippen molar-refractivity contribution >= 4 is 15.9 Å². The highest BCUT2D eigenvalue weighted by Gasteiger charge is 2.24. The molecule has 0 aliphatic heterocycles. The summed E-state index contributed by atoms with van der Waals surface area (Å²) in [5.41, 5.74) is -0.224. The summed E-state index contributed by atoms with van der Waals surface area (Å²) in [6.07, 6.45) is 0. The topological polar surface area (TPSA) is 38.7 Å². The van der Waals surface area contributed by atoms with Gasteiger partial charge in [-0.15, -0.1) is 0 Å². The lowest BCUT2D eigenvalue weighted by Crippen LogP contribution is -2.17. The molecule has 0 aromatic heterocycles. The Morgan fingerprint density at radius 1 is 1.20 bits per heavy atom. The van der Waals surface area contributed by atoms with Gasteiger partial charge in [-0.05, 0) is 41.9 Å². The number of halogens is 1. The molecule has 0 saturated heterocycles. The van der Waals surface area contributed by atoms with E-state index >= 15 is 0 Å². The van der Waals surface area contributed by atoms with Gasteiger partial charge in [0.05, 0.1) is 19.8 Å². The molecule has 1 aromatic rings. The van der Waals surface area contributed by atoms with Crippen LogP contribution in [0, 0.1) is 0 Å². The molecule has 1 aromatic carbocycles. The third kappa shape index (κ3) is 2.44. The third-order valence-corrected chi connectivity index (χ3v) is 2.90.